The molecule has 4 amide bonds. The second kappa shape index (κ2) is 10.5. The molecule has 7 nitrogen and oxygen atoms in total. The van der Waals surface area contributed by atoms with Crippen molar-refractivity contribution in [1.82, 2.24) is 4.90 Å². The highest BCUT2D eigenvalue weighted by molar-refractivity contribution is 6.58. The number of rotatable bonds is 3. The lowest BCUT2D eigenvalue weighted by atomic mass is 9.56. The van der Waals surface area contributed by atoms with Gasteiger partial charge in [-0.15, -0.1) is 23.2 Å². The molecule has 2 aliphatic heterocycles. The van der Waals surface area contributed by atoms with Gasteiger partial charge in [0.2, 0.25) is 17.6 Å². The first kappa shape index (κ1) is 31.1. The molecule has 0 aromatic heterocycles. The van der Waals surface area contributed by atoms with E-state index in [9.17, 15) is 37.5 Å². The van der Waals surface area contributed by atoms with Crippen molar-refractivity contribution in [2.24, 2.45) is 17.8 Å². The Hall–Kier alpha value is -3.51. The van der Waals surface area contributed by atoms with Crippen LogP contribution >= 0.6 is 23.2 Å². The molecule has 0 radical (unpaired) electrons. The van der Waals surface area contributed by atoms with Gasteiger partial charge >= 0.3 is 0 Å². The second-order valence-corrected chi connectivity index (χ2v) is 13.9. The van der Waals surface area contributed by atoms with Crippen LogP contribution in [0.5, 0.6) is 5.75 Å². The van der Waals surface area contributed by atoms with Crippen molar-refractivity contribution in [2.75, 3.05) is 4.90 Å². The van der Waals surface area contributed by atoms with Crippen LogP contribution in [0.1, 0.15) is 56.4 Å². The first-order valence-corrected chi connectivity index (χ1v) is 15.6. The predicted octanol–water partition coefficient (Wildman–Crippen LogP) is 5.98. The number of fused-ring (bicyclic) bond motifs is 4. The molecule has 4 fully saturated rings. The summed E-state index contributed by atoms with van der Waals surface area (Å²) in [5, 5.41) is 10.4. The summed E-state index contributed by atoms with van der Waals surface area (Å²) in [5.41, 5.74) is -1.36. The molecule has 242 valence electrons. The molecular weight excluding hydrogens is 658 g/mol. The van der Waals surface area contributed by atoms with Crippen molar-refractivity contribution in [3.63, 3.8) is 0 Å². The van der Waals surface area contributed by atoms with Gasteiger partial charge in [0.05, 0.1) is 11.8 Å². The largest absolute Gasteiger partial charge is 0.508 e. The van der Waals surface area contributed by atoms with Crippen LogP contribution in [0, 0.1) is 46.8 Å². The summed E-state index contributed by atoms with van der Waals surface area (Å²) in [6.45, 7) is 0. The van der Waals surface area contributed by atoms with Crippen LogP contribution in [0.15, 0.2) is 35.9 Å². The van der Waals surface area contributed by atoms with Crippen LogP contribution in [-0.4, -0.2) is 49.4 Å². The Bertz CT molecular complexity index is 1750. The summed E-state index contributed by atoms with van der Waals surface area (Å²) in [5.74, 6) is -20.6. The summed E-state index contributed by atoms with van der Waals surface area (Å²) >= 11 is 14.1. The predicted molar refractivity (Wildman–Crippen MR) is 153 cm³/mol. The summed E-state index contributed by atoms with van der Waals surface area (Å²) in [6.07, 6.45) is 5.08. The molecule has 14 heteroatoms. The monoisotopic (exact) mass is 682 g/mol. The highest BCUT2D eigenvalue weighted by Gasteiger charge is 2.77. The van der Waals surface area contributed by atoms with Gasteiger partial charge in [0, 0.05) is 12.0 Å². The van der Waals surface area contributed by atoms with Crippen molar-refractivity contribution in [3.8, 4) is 5.75 Å². The fourth-order valence-electron chi connectivity index (χ4n) is 8.37. The summed E-state index contributed by atoms with van der Waals surface area (Å²) < 4.78 is 72.8. The van der Waals surface area contributed by atoms with Crippen molar-refractivity contribution >= 4 is 52.5 Å². The van der Waals surface area contributed by atoms with Crippen molar-refractivity contribution in [3.05, 3.63) is 70.6 Å². The average Bonchev–Trinajstić information content (AvgIpc) is 3.38. The normalized spacial score (nSPS) is 32.9. The van der Waals surface area contributed by atoms with Crippen LogP contribution in [0.4, 0.5) is 27.6 Å². The van der Waals surface area contributed by atoms with Crippen LogP contribution < -0.4 is 4.90 Å². The molecule has 2 saturated heterocycles. The maximum Gasteiger partial charge on any atom is 0.258 e. The van der Waals surface area contributed by atoms with E-state index >= 15 is 8.78 Å². The topological polar surface area (TPSA) is 95.0 Å². The number of carbonyl (C=O) groups excluding carboxylic acids is 4. The number of phenolic OH excluding ortho intramolecular Hbond substituents is 1. The number of alkyl halides is 2. The number of nitrogens with zero attached hydrogens (tertiary/aromatic N) is 2. The standard InChI is InChI=1S/C32H25Cl2F5N2O5/c33-31-12-18-16(9-10-17-19(18)28(44)40(27(17)43)14-6-2-1-3-7-14)20(13-5-4-8-15(42)11-13)32(31,34)30(46)41(29(31)45)26-24(38)22(36)21(35)23(37)25(26)39/h4-5,8-9,11,14,17-20,42H,1-3,6-7,10,12H2. The van der Waals surface area contributed by atoms with E-state index < -0.39 is 92.3 Å². The van der Waals surface area contributed by atoms with Crippen LogP contribution in [0.2, 0.25) is 0 Å². The van der Waals surface area contributed by atoms with E-state index in [1.165, 1.54) is 29.2 Å². The molecule has 6 atom stereocenters. The molecule has 3 aliphatic carbocycles. The number of anilines is 1. The lowest BCUT2D eigenvalue weighted by Gasteiger charge is -2.50. The van der Waals surface area contributed by atoms with Gasteiger partial charge in [-0.05, 0) is 49.3 Å². The van der Waals surface area contributed by atoms with E-state index in [-0.39, 0.29) is 34.6 Å². The van der Waals surface area contributed by atoms with Crippen molar-refractivity contribution < 1.29 is 46.2 Å². The van der Waals surface area contributed by atoms with Gasteiger partial charge in [-0.25, -0.2) is 26.9 Å². The van der Waals surface area contributed by atoms with Gasteiger partial charge in [0.25, 0.3) is 11.8 Å². The number of amides is 4. The van der Waals surface area contributed by atoms with Crippen LogP contribution in [0.25, 0.3) is 0 Å². The van der Waals surface area contributed by atoms with Gasteiger partial charge < -0.3 is 5.11 Å². The van der Waals surface area contributed by atoms with Gasteiger partial charge in [0.15, 0.2) is 33.0 Å². The fourth-order valence-corrected chi connectivity index (χ4v) is 9.30. The average molecular weight is 683 g/mol. The molecule has 2 aromatic carbocycles. The molecule has 0 spiro atoms. The number of hydrogen-bond donors (Lipinski definition) is 1. The fraction of sp³-hybridized carbons (Fsp3) is 0.438. The highest BCUT2D eigenvalue weighted by Crippen LogP contribution is 2.66. The number of carbonyl (C=O) groups is 4. The second-order valence-electron chi connectivity index (χ2n) is 12.6. The zero-order valence-electron chi connectivity index (χ0n) is 23.8. The Morgan fingerprint density at radius 2 is 1.43 bits per heavy atom. The zero-order valence-corrected chi connectivity index (χ0v) is 25.4. The lowest BCUT2D eigenvalue weighted by molar-refractivity contribution is -0.143. The minimum atomic E-state index is -2.62. The molecule has 2 saturated carbocycles. The van der Waals surface area contributed by atoms with Gasteiger partial charge in [0.1, 0.15) is 11.4 Å². The van der Waals surface area contributed by atoms with E-state index in [2.05, 4.69) is 0 Å². The molecule has 0 bridgehead atoms. The van der Waals surface area contributed by atoms with E-state index in [1.807, 2.05) is 0 Å². The third-order valence-electron chi connectivity index (χ3n) is 10.4. The third-order valence-corrected chi connectivity index (χ3v) is 11.8. The number of benzene rings is 2. The van der Waals surface area contributed by atoms with Crippen molar-refractivity contribution in [2.45, 2.75) is 66.7 Å². The Morgan fingerprint density at radius 1 is 0.804 bits per heavy atom. The number of aromatic hydroxyl groups is 1. The summed E-state index contributed by atoms with van der Waals surface area (Å²) in [4.78, 5) is 52.0. The van der Waals surface area contributed by atoms with E-state index in [0.717, 1.165) is 19.3 Å². The Morgan fingerprint density at radius 3 is 2.07 bits per heavy atom. The first-order valence-electron chi connectivity index (χ1n) is 14.9. The molecule has 6 unspecified atom stereocenters. The third kappa shape index (κ3) is 3.88. The molecule has 2 heterocycles. The molecule has 2 aromatic rings. The Balaban J connectivity index is 1.41. The zero-order chi connectivity index (χ0) is 33.0. The van der Waals surface area contributed by atoms with Gasteiger partial charge in [-0.2, -0.15) is 0 Å². The Kier molecular flexibility index (Phi) is 7.10. The number of imide groups is 2. The smallest absolute Gasteiger partial charge is 0.258 e. The van der Waals surface area contributed by atoms with Crippen molar-refractivity contribution in [1.29, 1.82) is 0 Å². The number of phenols is 1. The van der Waals surface area contributed by atoms with E-state index in [0.29, 0.717) is 18.4 Å². The van der Waals surface area contributed by atoms with E-state index in [4.69, 9.17) is 23.2 Å². The highest BCUT2D eigenvalue weighted by atomic mass is 35.5. The number of allylic oxidation sites excluding steroid dienone is 2. The minimum absolute atomic E-state index is 0.0748. The van der Waals surface area contributed by atoms with Gasteiger partial charge in [-0.3, -0.25) is 24.1 Å². The first-order chi connectivity index (χ1) is 21.8. The molecule has 5 aliphatic rings. The van der Waals surface area contributed by atoms with E-state index in [1.54, 1.807) is 6.08 Å². The molecule has 1 N–H and O–H groups in total. The maximum atomic E-state index is 15.1. The number of halogens is 7. The van der Waals surface area contributed by atoms with Crippen LogP contribution in [0.3, 0.4) is 0 Å². The SMILES string of the molecule is O=C1C2CC=C3C(CC4(Cl)C(=O)N(c5c(F)c(F)c(F)c(F)c5F)C(=O)C4(Cl)C3c3cccc(O)c3)C2C(=O)N1C1CCCCC1. The summed E-state index contributed by atoms with van der Waals surface area (Å²) in [6, 6.07) is 5.11. The summed E-state index contributed by atoms with van der Waals surface area (Å²) in [7, 11) is 0. The molecule has 7 rings (SSSR count). The number of hydrogen-bond acceptors (Lipinski definition) is 5. The number of likely N-dealkylation sites (tertiary alicyclic amines) is 1. The lowest BCUT2D eigenvalue weighted by Crippen LogP contribution is -2.60. The quantitative estimate of drug-likeness (QED) is 0.107. The minimum Gasteiger partial charge on any atom is -0.508 e. The molecule has 46 heavy (non-hydrogen) atoms. The van der Waals surface area contributed by atoms with Crippen LogP contribution in [-0.2, 0) is 19.2 Å². The van der Waals surface area contributed by atoms with Gasteiger partial charge in [-0.1, -0.05) is 43.0 Å². The maximum absolute atomic E-state index is 15.1. The Labute approximate surface area is 268 Å². The molecular formula is C32H25Cl2F5N2O5.